The molecule has 5 nitrogen and oxygen atoms in total. The van der Waals surface area contributed by atoms with Crippen LogP contribution in [0.5, 0.6) is 0 Å². The molecule has 1 aliphatic heterocycles. The fraction of sp³-hybridized carbons (Fsp3) is 0.348. The number of benzene rings is 2. The predicted octanol–water partition coefficient (Wildman–Crippen LogP) is 5.79. The number of hydrogen-bond acceptors (Lipinski definition) is 5. The van der Waals surface area contributed by atoms with Crippen molar-refractivity contribution in [1.29, 1.82) is 0 Å². The van der Waals surface area contributed by atoms with Crippen LogP contribution < -0.4 is 5.32 Å². The molecule has 162 valence electrons. The molecule has 2 heterocycles. The van der Waals surface area contributed by atoms with Crippen LogP contribution in [0.2, 0.25) is 0 Å². The van der Waals surface area contributed by atoms with Gasteiger partial charge in [0.2, 0.25) is 9.74 Å². The van der Waals surface area contributed by atoms with Crippen molar-refractivity contribution in [2.75, 3.05) is 32.0 Å². The van der Waals surface area contributed by atoms with E-state index in [-0.39, 0.29) is 5.82 Å². The molecule has 8 heteroatoms. The first kappa shape index (κ1) is 22.3. The number of nitrogens with zero attached hydrogens (tertiary/aromatic N) is 4. The summed E-state index contributed by atoms with van der Waals surface area (Å²) in [7, 11) is 2.15. The Hall–Kier alpha value is -1.92. The second kappa shape index (κ2) is 9.70. The minimum Gasteiger partial charge on any atom is -0.354 e. The standard InChI is InChI=1S/C23H24Cl3N5/c1-31-13-11-16(12-14-31)15-27-22-29-20(28-21(30-22)23(24,25)26)19-9-7-18(8-10-19)17-5-3-2-4-6-17/h2-10,16H,11-15H2,1H3,(H,27,28,29,30). The first-order valence-corrected chi connectivity index (χ1v) is 11.4. The highest BCUT2D eigenvalue weighted by molar-refractivity contribution is 6.66. The quantitative estimate of drug-likeness (QED) is 0.473. The van der Waals surface area contributed by atoms with Crippen molar-refractivity contribution in [2.45, 2.75) is 16.6 Å². The van der Waals surface area contributed by atoms with Crippen LogP contribution in [-0.4, -0.2) is 46.5 Å². The largest absolute Gasteiger partial charge is 0.354 e. The summed E-state index contributed by atoms with van der Waals surface area (Å²) in [5.74, 6) is 1.58. The molecular weight excluding hydrogens is 453 g/mol. The van der Waals surface area contributed by atoms with Gasteiger partial charge in [-0.1, -0.05) is 89.4 Å². The van der Waals surface area contributed by atoms with E-state index in [0.717, 1.165) is 49.2 Å². The SMILES string of the molecule is CN1CCC(CNc2nc(-c3ccc(-c4ccccc4)cc3)nc(C(Cl)(Cl)Cl)n2)CC1. The molecule has 0 spiro atoms. The smallest absolute Gasteiger partial charge is 0.250 e. The Bertz CT molecular complexity index is 998. The number of alkyl halides is 3. The van der Waals surface area contributed by atoms with Gasteiger partial charge in [-0.05, 0) is 50.0 Å². The summed E-state index contributed by atoms with van der Waals surface area (Å²) in [4.78, 5) is 15.7. The Kier molecular flexibility index (Phi) is 6.97. The van der Waals surface area contributed by atoms with Gasteiger partial charge in [-0.3, -0.25) is 0 Å². The first-order valence-electron chi connectivity index (χ1n) is 10.3. The van der Waals surface area contributed by atoms with Crippen molar-refractivity contribution in [3.05, 3.63) is 60.4 Å². The van der Waals surface area contributed by atoms with Crippen LogP contribution in [0.25, 0.3) is 22.5 Å². The minimum atomic E-state index is -1.73. The zero-order valence-electron chi connectivity index (χ0n) is 17.2. The van der Waals surface area contributed by atoms with Crippen molar-refractivity contribution in [3.8, 4) is 22.5 Å². The first-order chi connectivity index (χ1) is 14.9. The number of halogens is 3. The zero-order chi connectivity index (χ0) is 21.8. The maximum Gasteiger partial charge on any atom is 0.250 e. The summed E-state index contributed by atoms with van der Waals surface area (Å²) in [5, 5.41) is 3.33. The van der Waals surface area contributed by atoms with Gasteiger partial charge in [0.1, 0.15) is 0 Å². The van der Waals surface area contributed by atoms with Crippen molar-refractivity contribution >= 4 is 40.8 Å². The lowest BCUT2D eigenvalue weighted by Crippen LogP contribution is -2.33. The molecule has 1 fully saturated rings. The highest BCUT2D eigenvalue weighted by Crippen LogP contribution is 2.37. The van der Waals surface area contributed by atoms with Gasteiger partial charge in [-0.25, -0.2) is 4.98 Å². The van der Waals surface area contributed by atoms with E-state index in [1.165, 1.54) is 0 Å². The molecule has 0 aliphatic carbocycles. The fourth-order valence-electron chi connectivity index (χ4n) is 3.66. The van der Waals surface area contributed by atoms with Gasteiger partial charge in [-0.2, -0.15) is 9.97 Å². The van der Waals surface area contributed by atoms with Crippen LogP contribution in [0.15, 0.2) is 54.6 Å². The van der Waals surface area contributed by atoms with E-state index in [0.29, 0.717) is 17.7 Å². The molecule has 3 aromatic rings. The molecule has 1 saturated heterocycles. The average molecular weight is 477 g/mol. The Labute approximate surface area is 197 Å². The minimum absolute atomic E-state index is 0.112. The number of anilines is 1. The predicted molar refractivity (Wildman–Crippen MR) is 129 cm³/mol. The lowest BCUT2D eigenvalue weighted by molar-refractivity contribution is 0.226. The number of aromatic nitrogens is 3. The van der Waals surface area contributed by atoms with Gasteiger partial charge >= 0.3 is 0 Å². The Morgan fingerprint density at radius 1 is 0.871 bits per heavy atom. The molecule has 31 heavy (non-hydrogen) atoms. The van der Waals surface area contributed by atoms with Gasteiger partial charge in [0.25, 0.3) is 0 Å². The molecule has 1 aromatic heterocycles. The highest BCUT2D eigenvalue weighted by Gasteiger charge is 2.29. The second-order valence-corrected chi connectivity index (χ2v) is 10.2. The number of piperidine rings is 1. The monoisotopic (exact) mass is 475 g/mol. The molecule has 0 bridgehead atoms. The summed E-state index contributed by atoms with van der Waals surface area (Å²) in [6.07, 6.45) is 2.28. The van der Waals surface area contributed by atoms with E-state index in [1.807, 2.05) is 42.5 Å². The van der Waals surface area contributed by atoms with Crippen LogP contribution in [-0.2, 0) is 3.79 Å². The van der Waals surface area contributed by atoms with Gasteiger partial charge in [0.15, 0.2) is 11.6 Å². The third-order valence-corrected chi connectivity index (χ3v) is 6.03. The van der Waals surface area contributed by atoms with E-state index in [4.69, 9.17) is 34.8 Å². The van der Waals surface area contributed by atoms with Crippen molar-refractivity contribution in [2.24, 2.45) is 5.92 Å². The van der Waals surface area contributed by atoms with Crippen LogP contribution in [0.4, 0.5) is 5.95 Å². The summed E-state index contributed by atoms with van der Waals surface area (Å²) < 4.78 is -1.73. The summed E-state index contributed by atoms with van der Waals surface area (Å²) in [6.45, 7) is 2.98. The third-order valence-electron chi connectivity index (χ3n) is 5.53. The Morgan fingerprint density at radius 3 is 2.13 bits per heavy atom. The number of nitrogens with one attached hydrogen (secondary N) is 1. The fourth-order valence-corrected chi connectivity index (χ4v) is 3.91. The van der Waals surface area contributed by atoms with Crippen LogP contribution in [0.1, 0.15) is 18.7 Å². The summed E-state index contributed by atoms with van der Waals surface area (Å²) >= 11 is 18.3. The molecule has 0 amide bonds. The van der Waals surface area contributed by atoms with Crippen molar-refractivity contribution in [3.63, 3.8) is 0 Å². The zero-order valence-corrected chi connectivity index (χ0v) is 19.5. The molecule has 1 N–H and O–H groups in total. The molecule has 1 aliphatic rings. The average Bonchev–Trinajstić information content (AvgIpc) is 2.79. The normalized spacial score (nSPS) is 15.7. The van der Waals surface area contributed by atoms with E-state index < -0.39 is 3.79 Å². The highest BCUT2D eigenvalue weighted by atomic mass is 35.6. The molecule has 4 rings (SSSR count). The molecule has 0 saturated carbocycles. The van der Waals surface area contributed by atoms with E-state index in [1.54, 1.807) is 0 Å². The second-order valence-electron chi connectivity index (χ2n) is 7.87. The summed E-state index contributed by atoms with van der Waals surface area (Å²) in [6, 6.07) is 18.2. The molecule has 0 atom stereocenters. The van der Waals surface area contributed by atoms with Crippen molar-refractivity contribution < 1.29 is 0 Å². The topological polar surface area (TPSA) is 53.9 Å². The van der Waals surface area contributed by atoms with Crippen LogP contribution >= 0.6 is 34.8 Å². The van der Waals surface area contributed by atoms with Gasteiger partial charge < -0.3 is 10.2 Å². The van der Waals surface area contributed by atoms with E-state index in [2.05, 4.69) is 44.3 Å². The van der Waals surface area contributed by atoms with E-state index in [9.17, 15) is 0 Å². The van der Waals surface area contributed by atoms with Crippen LogP contribution in [0.3, 0.4) is 0 Å². The van der Waals surface area contributed by atoms with Gasteiger partial charge in [0, 0.05) is 12.1 Å². The maximum absolute atomic E-state index is 6.10. The lowest BCUT2D eigenvalue weighted by atomic mass is 9.97. The Morgan fingerprint density at radius 2 is 1.48 bits per heavy atom. The Balaban J connectivity index is 1.57. The molecular formula is C23H24Cl3N5. The number of rotatable bonds is 5. The lowest BCUT2D eigenvalue weighted by Gasteiger charge is -2.29. The molecule has 0 radical (unpaired) electrons. The molecule has 2 aromatic carbocycles. The molecule has 0 unspecified atom stereocenters. The van der Waals surface area contributed by atoms with E-state index >= 15 is 0 Å². The summed E-state index contributed by atoms with van der Waals surface area (Å²) in [5.41, 5.74) is 3.09. The number of hydrogen-bond donors (Lipinski definition) is 1. The third kappa shape index (κ3) is 5.86. The van der Waals surface area contributed by atoms with Crippen LogP contribution in [0, 0.1) is 5.92 Å². The number of likely N-dealkylation sites (tertiary alicyclic amines) is 1. The maximum atomic E-state index is 6.10. The van der Waals surface area contributed by atoms with Gasteiger partial charge in [-0.15, -0.1) is 0 Å². The van der Waals surface area contributed by atoms with Crippen molar-refractivity contribution in [1.82, 2.24) is 19.9 Å². The van der Waals surface area contributed by atoms with Gasteiger partial charge in [0.05, 0.1) is 0 Å².